The fourth-order valence-corrected chi connectivity index (χ4v) is 5.49. The second-order valence-electron chi connectivity index (χ2n) is 11.0. The summed E-state index contributed by atoms with van der Waals surface area (Å²) in [5.74, 6) is 0.733. The summed E-state index contributed by atoms with van der Waals surface area (Å²) in [4.78, 5) is 21.5. The number of ether oxygens (including phenoxy) is 3. The Bertz CT molecular complexity index is 1060. The minimum atomic E-state index is -0.676. The predicted octanol–water partition coefficient (Wildman–Crippen LogP) is 3.96. The maximum atomic E-state index is 12.3. The summed E-state index contributed by atoms with van der Waals surface area (Å²) in [5.41, 5.74) is 1.66. The van der Waals surface area contributed by atoms with E-state index >= 15 is 0 Å². The molecule has 2 aliphatic heterocycles. The van der Waals surface area contributed by atoms with Gasteiger partial charge in [0.25, 0.3) is 0 Å². The number of alkyl carbamates (subject to hydrolysis) is 1. The van der Waals surface area contributed by atoms with E-state index in [1.165, 1.54) is 5.56 Å². The van der Waals surface area contributed by atoms with Gasteiger partial charge in [0.2, 0.25) is 0 Å². The standard InChI is InChI=1S/C24H35N5O4/c1-13-7-8-25-20-17-15(13)11-29(21(17)28-12-27-20)16-9-14(10-26-22(30)33-23(2,3)4)18-19(16)32-24(5,6)31-18/h11-14,16,18-19H,7-10H2,1-6H3,(H,26,30)(H,25,27,28)/t13?,14-,16-,18-,19+/m1/s1. The third kappa shape index (κ3) is 4.17. The van der Waals surface area contributed by atoms with Gasteiger partial charge in [0, 0.05) is 25.2 Å². The normalized spacial score (nSPS) is 30.5. The van der Waals surface area contributed by atoms with Gasteiger partial charge in [-0.2, -0.15) is 0 Å². The summed E-state index contributed by atoms with van der Waals surface area (Å²) in [6.07, 6.45) is 5.07. The first-order valence-electron chi connectivity index (χ1n) is 11.9. The summed E-state index contributed by atoms with van der Waals surface area (Å²) in [6.45, 7) is 13.1. The molecule has 1 saturated carbocycles. The lowest BCUT2D eigenvalue weighted by Crippen LogP contribution is -2.38. The third-order valence-electron chi connectivity index (χ3n) is 6.86. The zero-order valence-corrected chi connectivity index (χ0v) is 20.3. The molecule has 180 valence electrons. The Morgan fingerprint density at radius 2 is 2.06 bits per heavy atom. The molecule has 2 aromatic rings. The van der Waals surface area contributed by atoms with Crippen LogP contribution < -0.4 is 10.6 Å². The lowest BCUT2D eigenvalue weighted by atomic mass is 10.00. The zero-order chi connectivity index (χ0) is 23.5. The number of fused-ring (bicyclic) bond motifs is 1. The van der Waals surface area contributed by atoms with Crippen molar-refractivity contribution in [3.8, 4) is 0 Å². The van der Waals surface area contributed by atoms with Gasteiger partial charge in [-0.1, -0.05) is 6.92 Å². The molecule has 1 amide bonds. The molecule has 3 aliphatic rings. The summed E-state index contributed by atoms with van der Waals surface area (Å²) in [5, 5.41) is 7.51. The number of aromatic nitrogens is 3. The Morgan fingerprint density at radius 1 is 1.30 bits per heavy atom. The zero-order valence-electron chi connectivity index (χ0n) is 20.3. The van der Waals surface area contributed by atoms with Crippen LogP contribution in [0.2, 0.25) is 0 Å². The van der Waals surface area contributed by atoms with Crippen molar-refractivity contribution in [2.45, 2.75) is 89.9 Å². The van der Waals surface area contributed by atoms with E-state index < -0.39 is 17.5 Å². The highest BCUT2D eigenvalue weighted by Crippen LogP contribution is 2.48. The Labute approximate surface area is 194 Å². The lowest BCUT2D eigenvalue weighted by Gasteiger charge is -2.25. The van der Waals surface area contributed by atoms with Crippen molar-refractivity contribution >= 4 is 22.9 Å². The average molecular weight is 458 g/mol. The smallest absolute Gasteiger partial charge is 0.407 e. The van der Waals surface area contributed by atoms with Gasteiger partial charge in [0.1, 0.15) is 29.5 Å². The summed E-state index contributed by atoms with van der Waals surface area (Å²) < 4.78 is 20.4. The number of hydrogen-bond donors (Lipinski definition) is 2. The second-order valence-corrected chi connectivity index (χ2v) is 11.0. The topological polar surface area (TPSA) is 99.5 Å². The molecule has 4 heterocycles. The molecular weight excluding hydrogens is 422 g/mol. The highest BCUT2D eigenvalue weighted by atomic mass is 16.8. The molecule has 33 heavy (non-hydrogen) atoms. The van der Waals surface area contributed by atoms with Crippen molar-refractivity contribution < 1.29 is 19.0 Å². The molecule has 5 rings (SSSR count). The fourth-order valence-electron chi connectivity index (χ4n) is 5.49. The molecule has 0 bridgehead atoms. The van der Waals surface area contributed by atoms with Crippen molar-refractivity contribution in [1.29, 1.82) is 0 Å². The minimum Gasteiger partial charge on any atom is -0.444 e. The molecule has 0 aromatic carbocycles. The minimum absolute atomic E-state index is 0.0489. The molecule has 2 N–H and O–H groups in total. The number of carbonyl (C=O) groups is 1. The fraction of sp³-hybridized carbons (Fsp3) is 0.708. The number of anilines is 1. The largest absolute Gasteiger partial charge is 0.444 e. The van der Waals surface area contributed by atoms with Crippen molar-refractivity contribution in [3.05, 3.63) is 18.1 Å². The molecule has 9 heteroatoms. The SMILES string of the molecule is CC1CCNc2ncnc3c2c1cn3[C@@H]1C[C@H](CNC(=O)OC(C)(C)C)[C@H]2OC(C)(C)O[C@H]21. The number of rotatable bonds is 3. The molecule has 5 atom stereocenters. The third-order valence-corrected chi connectivity index (χ3v) is 6.86. The maximum absolute atomic E-state index is 12.3. The number of amides is 1. The summed E-state index contributed by atoms with van der Waals surface area (Å²) >= 11 is 0. The first-order chi connectivity index (χ1) is 15.5. The number of hydrogen-bond acceptors (Lipinski definition) is 7. The van der Waals surface area contributed by atoms with Gasteiger partial charge in [-0.3, -0.25) is 0 Å². The van der Waals surface area contributed by atoms with E-state index in [1.807, 2.05) is 34.6 Å². The molecular formula is C24H35N5O4. The van der Waals surface area contributed by atoms with Crippen LogP contribution in [0.5, 0.6) is 0 Å². The first-order valence-corrected chi connectivity index (χ1v) is 11.9. The average Bonchev–Trinajstić information content (AvgIpc) is 3.30. The van der Waals surface area contributed by atoms with Gasteiger partial charge in [-0.05, 0) is 58.9 Å². The number of nitrogens with zero attached hydrogens (tertiary/aromatic N) is 3. The second kappa shape index (κ2) is 7.84. The van der Waals surface area contributed by atoms with Crippen LogP contribution in [0.15, 0.2) is 12.5 Å². The van der Waals surface area contributed by atoms with E-state index in [1.54, 1.807) is 6.33 Å². The quantitative estimate of drug-likeness (QED) is 0.720. The molecule has 9 nitrogen and oxygen atoms in total. The Morgan fingerprint density at radius 3 is 2.82 bits per heavy atom. The van der Waals surface area contributed by atoms with Crippen LogP contribution in [-0.2, 0) is 14.2 Å². The van der Waals surface area contributed by atoms with Gasteiger partial charge in [-0.15, -0.1) is 0 Å². The van der Waals surface area contributed by atoms with Crippen molar-refractivity contribution in [2.24, 2.45) is 5.92 Å². The van der Waals surface area contributed by atoms with E-state index in [2.05, 4.69) is 38.3 Å². The van der Waals surface area contributed by atoms with Crippen LogP contribution in [0.1, 0.15) is 71.9 Å². The Balaban J connectivity index is 1.45. The van der Waals surface area contributed by atoms with Gasteiger partial charge < -0.3 is 29.4 Å². The molecule has 2 fully saturated rings. The van der Waals surface area contributed by atoms with Gasteiger partial charge in [0.15, 0.2) is 5.79 Å². The highest BCUT2D eigenvalue weighted by Gasteiger charge is 2.55. The van der Waals surface area contributed by atoms with E-state index in [4.69, 9.17) is 14.2 Å². The molecule has 1 saturated heterocycles. The van der Waals surface area contributed by atoms with Crippen LogP contribution in [0, 0.1) is 5.92 Å². The monoisotopic (exact) mass is 457 g/mol. The predicted molar refractivity (Wildman–Crippen MR) is 124 cm³/mol. The summed E-state index contributed by atoms with van der Waals surface area (Å²) in [7, 11) is 0. The van der Waals surface area contributed by atoms with E-state index in [0.717, 1.165) is 36.2 Å². The van der Waals surface area contributed by atoms with Crippen LogP contribution >= 0.6 is 0 Å². The van der Waals surface area contributed by atoms with Crippen LogP contribution in [0.3, 0.4) is 0 Å². The van der Waals surface area contributed by atoms with Gasteiger partial charge in [-0.25, -0.2) is 14.8 Å². The molecule has 0 radical (unpaired) electrons. The number of carbonyl (C=O) groups excluding carboxylic acids is 1. The number of nitrogens with one attached hydrogen (secondary N) is 2. The van der Waals surface area contributed by atoms with Crippen molar-refractivity contribution in [2.75, 3.05) is 18.4 Å². The van der Waals surface area contributed by atoms with Crippen molar-refractivity contribution in [1.82, 2.24) is 19.9 Å². The van der Waals surface area contributed by atoms with Crippen LogP contribution in [-0.4, -0.2) is 57.3 Å². The van der Waals surface area contributed by atoms with Crippen LogP contribution in [0.4, 0.5) is 10.6 Å². The summed E-state index contributed by atoms with van der Waals surface area (Å²) in [6, 6.07) is 0.0489. The molecule has 1 unspecified atom stereocenters. The van der Waals surface area contributed by atoms with Crippen molar-refractivity contribution in [3.63, 3.8) is 0 Å². The van der Waals surface area contributed by atoms with E-state index in [0.29, 0.717) is 12.5 Å². The Kier molecular flexibility index (Phi) is 5.32. The van der Waals surface area contributed by atoms with Gasteiger partial charge >= 0.3 is 6.09 Å². The molecule has 1 aliphatic carbocycles. The molecule has 0 spiro atoms. The van der Waals surface area contributed by atoms with Gasteiger partial charge in [0.05, 0.1) is 17.5 Å². The lowest BCUT2D eigenvalue weighted by molar-refractivity contribution is -0.160. The van der Waals surface area contributed by atoms with Crippen LogP contribution in [0.25, 0.3) is 11.0 Å². The maximum Gasteiger partial charge on any atom is 0.407 e. The molecule has 2 aromatic heterocycles. The van der Waals surface area contributed by atoms with E-state index in [9.17, 15) is 4.79 Å². The Hall–Kier alpha value is -2.39. The van der Waals surface area contributed by atoms with E-state index in [-0.39, 0.29) is 24.2 Å². The first kappa shape index (κ1) is 22.4. The highest BCUT2D eigenvalue weighted by molar-refractivity contribution is 5.92.